The Bertz CT molecular complexity index is 1020. The van der Waals surface area contributed by atoms with E-state index in [0.29, 0.717) is 4.57 Å². The summed E-state index contributed by atoms with van der Waals surface area (Å²) >= 11 is 0. The smallest absolute Gasteiger partial charge is 0.387 e. The second-order valence-electron chi connectivity index (χ2n) is 6.22. The molecule has 7 N–H and O–H groups in total. The maximum absolute atomic E-state index is 14.7. The number of aliphatic hydroxyl groups excluding tert-OH is 1. The SMILES string of the molecule is CC[C@]1(COP(=O)(O)OP(=O)(O)OP(=O)(O)O)OC(n2ccc(N)nc2=O)[C@@H](F)[C@@H]1O. The standard InChI is InChI=1S/C11H19FN3O13P3/c1-2-11(5-25-30(21,22)28-31(23,24)27-29(18,19)20)8(16)7(12)9(26-11)15-4-3-6(13)14-10(15)17/h3-4,7-9,16H,2,5H2,1H3,(H,21,22)(H,23,24)(H2,13,14,17)(H2,18,19,20)/t7-,8-,9?,11+/m0/s1. The summed E-state index contributed by atoms with van der Waals surface area (Å²) in [6.45, 7) is 0.255. The highest BCUT2D eigenvalue weighted by molar-refractivity contribution is 7.66. The monoisotopic (exact) mass is 513 g/mol. The van der Waals surface area contributed by atoms with Crippen LogP contribution in [0.2, 0.25) is 0 Å². The second kappa shape index (κ2) is 9.06. The van der Waals surface area contributed by atoms with Crippen molar-refractivity contribution in [2.45, 2.75) is 37.4 Å². The molecule has 1 aliphatic heterocycles. The maximum atomic E-state index is 14.7. The number of hydrogen-bond acceptors (Lipinski definition) is 11. The van der Waals surface area contributed by atoms with Crippen LogP contribution in [0.15, 0.2) is 17.1 Å². The van der Waals surface area contributed by atoms with E-state index in [4.69, 9.17) is 25.2 Å². The fourth-order valence-electron chi connectivity index (χ4n) is 2.66. The van der Waals surface area contributed by atoms with Crippen molar-refractivity contribution in [2.75, 3.05) is 12.3 Å². The lowest BCUT2D eigenvalue weighted by molar-refractivity contribution is -0.128. The van der Waals surface area contributed by atoms with Gasteiger partial charge in [0.05, 0.1) is 6.61 Å². The normalized spacial score (nSPS) is 30.6. The molecule has 0 aromatic carbocycles. The zero-order valence-electron chi connectivity index (χ0n) is 15.5. The molecule has 1 fully saturated rings. The number of hydrogen-bond donors (Lipinski definition) is 6. The molecule has 6 atom stereocenters. The first-order valence-electron chi connectivity index (χ1n) is 8.14. The van der Waals surface area contributed by atoms with Gasteiger partial charge in [0.1, 0.15) is 17.5 Å². The number of aromatic nitrogens is 2. The Labute approximate surface area is 172 Å². The molecule has 1 aliphatic rings. The predicted molar refractivity (Wildman–Crippen MR) is 96.8 cm³/mol. The maximum Gasteiger partial charge on any atom is 0.490 e. The summed E-state index contributed by atoms with van der Waals surface area (Å²) in [4.78, 5) is 51.0. The molecular formula is C11H19FN3O13P3. The minimum absolute atomic E-state index is 0.162. The molecular weight excluding hydrogens is 494 g/mol. The number of aliphatic hydroxyl groups is 1. The van der Waals surface area contributed by atoms with Crippen LogP contribution in [0, 0.1) is 0 Å². The van der Waals surface area contributed by atoms with Crippen molar-refractivity contribution in [1.82, 2.24) is 9.55 Å². The number of nitrogens with two attached hydrogens (primary N) is 1. The molecule has 1 aromatic heterocycles. The molecule has 0 spiro atoms. The van der Waals surface area contributed by atoms with Gasteiger partial charge in [-0.2, -0.15) is 13.6 Å². The van der Waals surface area contributed by atoms with Crippen LogP contribution in [0.1, 0.15) is 19.6 Å². The molecule has 20 heteroatoms. The quantitative estimate of drug-likeness (QED) is 0.229. The van der Waals surface area contributed by atoms with Gasteiger partial charge in [0.2, 0.25) is 0 Å². The van der Waals surface area contributed by atoms with Gasteiger partial charge < -0.3 is 35.2 Å². The van der Waals surface area contributed by atoms with Gasteiger partial charge in [-0.15, -0.1) is 0 Å². The first-order valence-corrected chi connectivity index (χ1v) is 12.7. The van der Waals surface area contributed by atoms with E-state index in [0.717, 1.165) is 12.3 Å². The Morgan fingerprint density at radius 2 is 1.87 bits per heavy atom. The Kier molecular flexibility index (Phi) is 7.65. The summed E-state index contributed by atoms with van der Waals surface area (Å²) in [6.07, 6.45) is -5.20. The average molecular weight is 513 g/mol. The Morgan fingerprint density at radius 3 is 2.39 bits per heavy atom. The van der Waals surface area contributed by atoms with E-state index < -0.39 is 59.9 Å². The summed E-state index contributed by atoms with van der Waals surface area (Å²) in [5.74, 6) is -0.162. The van der Waals surface area contributed by atoms with E-state index in [-0.39, 0.29) is 12.2 Å². The minimum Gasteiger partial charge on any atom is -0.387 e. The van der Waals surface area contributed by atoms with Gasteiger partial charge in [-0.3, -0.25) is 9.09 Å². The number of anilines is 1. The summed E-state index contributed by atoms with van der Waals surface area (Å²) in [5.41, 5.74) is 2.29. The van der Waals surface area contributed by atoms with E-state index in [2.05, 4.69) is 18.1 Å². The summed E-state index contributed by atoms with van der Waals surface area (Å²) in [6, 6.07) is 1.15. The number of phosphoric ester groups is 1. The van der Waals surface area contributed by atoms with E-state index in [1.54, 1.807) is 0 Å². The molecule has 1 saturated heterocycles. The van der Waals surface area contributed by atoms with Gasteiger partial charge in [0.15, 0.2) is 12.4 Å². The lowest BCUT2D eigenvalue weighted by Gasteiger charge is -2.30. The van der Waals surface area contributed by atoms with Crippen LogP contribution in [0.4, 0.5) is 10.2 Å². The zero-order chi connectivity index (χ0) is 23.8. The van der Waals surface area contributed by atoms with Crippen LogP contribution in [0.25, 0.3) is 0 Å². The van der Waals surface area contributed by atoms with Crippen LogP contribution in [-0.2, 0) is 31.6 Å². The highest BCUT2D eigenvalue weighted by Crippen LogP contribution is 2.66. The fraction of sp³-hybridized carbons (Fsp3) is 0.636. The van der Waals surface area contributed by atoms with E-state index >= 15 is 0 Å². The van der Waals surface area contributed by atoms with Crippen LogP contribution in [-0.4, -0.2) is 58.7 Å². The molecule has 31 heavy (non-hydrogen) atoms. The third-order valence-corrected chi connectivity index (χ3v) is 7.86. The lowest BCUT2D eigenvalue weighted by atomic mass is 9.94. The highest BCUT2D eigenvalue weighted by atomic mass is 31.3. The summed E-state index contributed by atoms with van der Waals surface area (Å²) in [7, 11) is -16.9. The van der Waals surface area contributed by atoms with E-state index in [1.807, 2.05) is 0 Å². The van der Waals surface area contributed by atoms with E-state index in [1.165, 1.54) is 6.92 Å². The van der Waals surface area contributed by atoms with Gasteiger partial charge in [-0.05, 0) is 12.5 Å². The van der Waals surface area contributed by atoms with Gasteiger partial charge in [0, 0.05) is 6.20 Å². The average Bonchev–Trinajstić information content (AvgIpc) is 2.82. The Hall–Kier alpha value is -1.06. The van der Waals surface area contributed by atoms with Crippen molar-refractivity contribution in [1.29, 1.82) is 0 Å². The summed E-state index contributed by atoms with van der Waals surface area (Å²) < 4.78 is 66.3. The Morgan fingerprint density at radius 1 is 1.26 bits per heavy atom. The van der Waals surface area contributed by atoms with Crippen molar-refractivity contribution in [2.24, 2.45) is 0 Å². The van der Waals surface area contributed by atoms with Crippen molar-refractivity contribution in [3.63, 3.8) is 0 Å². The fourth-order valence-corrected chi connectivity index (χ4v) is 5.74. The number of nitrogen functional groups attached to an aromatic ring is 1. The largest absolute Gasteiger partial charge is 0.490 e. The molecule has 1 aromatic rings. The topological polar surface area (TPSA) is 250 Å². The number of rotatable bonds is 9. The van der Waals surface area contributed by atoms with E-state index in [9.17, 15) is 32.9 Å². The molecule has 3 unspecified atom stereocenters. The number of halogens is 1. The second-order valence-corrected chi connectivity index (χ2v) is 10.6. The third-order valence-electron chi connectivity index (χ3n) is 4.08. The first-order chi connectivity index (χ1) is 14.0. The number of nitrogens with zero attached hydrogens (tertiary/aromatic N) is 2. The van der Waals surface area contributed by atoms with Gasteiger partial charge in [-0.25, -0.2) is 22.9 Å². The number of ether oxygens (including phenoxy) is 1. The molecule has 0 amide bonds. The highest BCUT2D eigenvalue weighted by Gasteiger charge is 2.56. The molecule has 2 heterocycles. The summed E-state index contributed by atoms with van der Waals surface area (Å²) in [5, 5.41) is 10.3. The van der Waals surface area contributed by atoms with Gasteiger partial charge in [-0.1, -0.05) is 6.92 Å². The Balaban J connectivity index is 2.20. The van der Waals surface area contributed by atoms with Crippen LogP contribution in [0.3, 0.4) is 0 Å². The van der Waals surface area contributed by atoms with Crippen LogP contribution >= 0.6 is 23.5 Å². The first kappa shape index (κ1) is 26.2. The van der Waals surface area contributed by atoms with Crippen LogP contribution < -0.4 is 11.4 Å². The molecule has 16 nitrogen and oxygen atoms in total. The van der Waals surface area contributed by atoms with Gasteiger partial charge in [0.25, 0.3) is 0 Å². The molecule has 2 rings (SSSR count). The molecule has 0 saturated carbocycles. The molecule has 0 aliphatic carbocycles. The van der Waals surface area contributed by atoms with Crippen molar-refractivity contribution < 1.29 is 60.6 Å². The molecule has 0 radical (unpaired) electrons. The van der Waals surface area contributed by atoms with Crippen molar-refractivity contribution in [3.8, 4) is 0 Å². The number of alkyl halides is 1. The van der Waals surface area contributed by atoms with Gasteiger partial charge >= 0.3 is 29.2 Å². The minimum atomic E-state index is -5.77. The zero-order valence-corrected chi connectivity index (χ0v) is 18.2. The van der Waals surface area contributed by atoms with Crippen LogP contribution in [0.5, 0.6) is 0 Å². The van der Waals surface area contributed by atoms with Crippen molar-refractivity contribution in [3.05, 3.63) is 22.7 Å². The predicted octanol–water partition coefficient (Wildman–Crippen LogP) is -0.455. The molecule has 0 bridgehead atoms. The molecule has 178 valence electrons. The van der Waals surface area contributed by atoms with Crippen molar-refractivity contribution >= 4 is 29.3 Å². The number of phosphoric acid groups is 3. The third kappa shape index (κ3) is 6.48. The lowest BCUT2D eigenvalue weighted by Crippen LogP contribution is -2.45.